The Morgan fingerprint density at radius 1 is 1.19 bits per heavy atom. The van der Waals surface area contributed by atoms with Gasteiger partial charge >= 0.3 is 0 Å². The normalized spacial score (nSPS) is 11.3. The van der Waals surface area contributed by atoms with Gasteiger partial charge in [0.15, 0.2) is 9.84 Å². The zero-order valence-electron chi connectivity index (χ0n) is 11.3. The summed E-state index contributed by atoms with van der Waals surface area (Å²) in [5.74, 6) is -0.294. The van der Waals surface area contributed by atoms with E-state index in [9.17, 15) is 18.5 Å². The van der Waals surface area contributed by atoms with Gasteiger partial charge in [0.25, 0.3) is 5.69 Å². The van der Waals surface area contributed by atoms with Gasteiger partial charge in [0, 0.05) is 17.8 Å². The molecule has 0 bridgehead atoms. The summed E-state index contributed by atoms with van der Waals surface area (Å²) in [6.45, 7) is 1.72. The van der Waals surface area contributed by atoms with Crippen LogP contribution in [0.2, 0.25) is 0 Å². The minimum Gasteiger partial charge on any atom is -0.399 e. The minimum atomic E-state index is -3.57. The molecule has 7 heteroatoms. The van der Waals surface area contributed by atoms with Crippen molar-refractivity contribution in [2.75, 3.05) is 5.73 Å². The van der Waals surface area contributed by atoms with E-state index in [4.69, 9.17) is 5.73 Å². The average Bonchev–Trinajstić information content (AvgIpc) is 2.41. The maximum atomic E-state index is 12.3. The Hall–Kier alpha value is -2.41. The Morgan fingerprint density at radius 2 is 1.90 bits per heavy atom. The molecule has 0 radical (unpaired) electrons. The summed E-state index contributed by atoms with van der Waals surface area (Å²) in [4.78, 5) is 10.3. The number of nitrogen functional groups attached to an aromatic ring is 1. The number of nitro groups is 1. The van der Waals surface area contributed by atoms with Crippen LogP contribution in [0.5, 0.6) is 0 Å². The van der Waals surface area contributed by atoms with Gasteiger partial charge in [-0.15, -0.1) is 0 Å². The molecule has 0 spiro atoms. The van der Waals surface area contributed by atoms with Crippen LogP contribution in [0.3, 0.4) is 0 Å². The summed E-state index contributed by atoms with van der Waals surface area (Å²) in [6.07, 6.45) is 0. The van der Waals surface area contributed by atoms with Crippen LogP contribution in [0.15, 0.2) is 47.4 Å². The second kappa shape index (κ2) is 5.53. The maximum absolute atomic E-state index is 12.3. The van der Waals surface area contributed by atoms with E-state index in [2.05, 4.69) is 0 Å². The molecule has 0 aliphatic carbocycles. The predicted molar refractivity (Wildman–Crippen MR) is 79.6 cm³/mol. The maximum Gasteiger partial charge on any atom is 0.269 e. The Morgan fingerprint density at radius 3 is 2.52 bits per heavy atom. The van der Waals surface area contributed by atoms with Gasteiger partial charge in [-0.2, -0.15) is 0 Å². The quantitative estimate of drug-likeness (QED) is 0.531. The van der Waals surface area contributed by atoms with Crippen LogP contribution in [0, 0.1) is 17.0 Å². The van der Waals surface area contributed by atoms with Crippen molar-refractivity contribution in [3.8, 4) is 0 Å². The number of hydrogen-bond acceptors (Lipinski definition) is 5. The lowest BCUT2D eigenvalue weighted by Gasteiger charge is -2.07. The molecule has 0 amide bonds. The predicted octanol–water partition coefficient (Wildman–Crippen LogP) is 2.46. The summed E-state index contributed by atoms with van der Waals surface area (Å²) < 4.78 is 24.7. The van der Waals surface area contributed by atoms with Gasteiger partial charge in [0.1, 0.15) is 0 Å². The molecule has 0 fully saturated rings. The van der Waals surface area contributed by atoms with Gasteiger partial charge in [0.05, 0.1) is 15.6 Å². The highest BCUT2D eigenvalue weighted by molar-refractivity contribution is 7.90. The second-order valence-corrected chi connectivity index (χ2v) is 6.69. The average molecular weight is 306 g/mol. The molecule has 0 aromatic heterocycles. The van der Waals surface area contributed by atoms with Crippen LogP contribution >= 0.6 is 0 Å². The smallest absolute Gasteiger partial charge is 0.269 e. The molecule has 2 N–H and O–H groups in total. The molecule has 110 valence electrons. The van der Waals surface area contributed by atoms with Crippen LogP contribution < -0.4 is 5.73 Å². The molecule has 0 aliphatic rings. The van der Waals surface area contributed by atoms with Crippen LogP contribution in [0.4, 0.5) is 11.4 Å². The fourth-order valence-electron chi connectivity index (χ4n) is 1.90. The summed E-state index contributed by atoms with van der Waals surface area (Å²) in [5, 5.41) is 10.7. The lowest BCUT2D eigenvalue weighted by atomic mass is 10.2. The Bertz CT molecular complexity index is 800. The summed E-state index contributed by atoms with van der Waals surface area (Å²) >= 11 is 0. The SMILES string of the molecule is Cc1cc(S(=O)(=O)Cc2cccc([N+](=O)[O-])c2)ccc1N. The number of sulfone groups is 1. The molecule has 0 saturated carbocycles. The van der Waals surface area contributed by atoms with Crippen molar-refractivity contribution in [3.05, 3.63) is 63.7 Å². The van der Waals surface area contributed by atoms with Crippen molar-refractivity contribution in [1.29, 1.82) is 0 Å². The molecule has 0 atom stereocenters. The highest BCUT2D eigenvalue weighted by atomic mass is 32.2. The van der Waals surface area contributed by atoms with E-state index < -0.39 is 14.8 Å². The van der Waals surface area contributed by atoms with Crippen LogP contribution in [-0.2, 0) is 15.6 Å². The summed E-state index contributed by atoms with van der Waals surface area (Å²) in [6, 6.07) is 10.1. The highest BCUT2D eigenvalue weighted by Crippen LogP contribution is 2.22. The Kier molecular flexibility index (Phi) is 3.95. The largest absolute Gasteiger partial charge is 0.399 e. The molecular weight excluding hydrogens is 292 g/mol. The van der Waals surface area contributed by atoms with Crippen molar-refractivity contribution in [2.45, 2.75) is 17.6 Å². The molecule has 0 unspecified atom stereocenters. The van der Waals surface area contributed by atoms with E-state index in [1.54, 1.807) is 13.0 Å². The fraction of sp³-hybridized carbons (Fsp3) is 0.143. The first-order chi connectivity index (χ1) is 9.79. The third kappa shape index (κ3) is 3.38. The van der Waals surface area contributed by atoms with Gasteiger partial charge in [-0.05, 0) is 36.2 Å². The zero-order valence-corrected chi connectivity index (χ0v) is 12.1. The molecule has 2 aromatic carbocycles. The van der Waals surface area contributed by atoms with E-state index in [1.807, 2.05) is 0 Å². The molecule has 0 heterocycles. The van der Waals surface area contributed by atoms with Crippen molar-refractivity contribution >= 4 is 21.2 Å². The number of nitro benzene ring substituents is 1. The Labute approximate surface area is 122 Å². The molecular formula is C14H14N2O4S. The van der Waals surface area contributed by atoms with E-state index in [0.29, 0.717) is 16.8 Å². The topological polar surface area (TPSA) is 103 Å². The molecule has 2 aromatic rings. The van der Waals surface area contributed by atoms with E-state index in [1.165, 1.54) is 36.4 Å². The number of hydrogen-bond donors (Lipinski definition) is 1. The number of aryl methyl sites for hydroxylation is 1. The first-order valence-corrected chi connectivity index (χ1v) is 7.77. The fourth-order valence-corrected chi connectivity index (χ4v) is 3.32. The highest BCUT2D eigenvalue weighted by Gasteiger charge is 2.17. The molecule has 0 aliphatic heterocycles. The number of nitrogens with two attached hydrogens (primary N) is 1. The number of nitrogens with zero attached hydrogens (tertiary/aromatic N) is 1. The monoisotopic (exact) mass is 306 g/mol. The lowest BCUT2D eigenvalue weighted by molar-refractivity contribution is -0.384. The third-order valence-corrected chi connectivity index (χ3v) is 4.76. The van der Waals surface area contributed by atoms with Crippen molar-refractivity contribution in [2.24, 2.45) is 0 Å². The zero-order chi connectivity index (χ0) is 15.6. The molecule has 0 saturated heterocycles. The third-order valence-electron chi connectivity index (χ3n) is 3.08. The standard InChI is InChI=1S/C14H14N2O4S/c1-10-7-13(5-6-14(10)15)21(19,20)9-11-3-2-4-12(8-11)16(17)18/h2-8H,9,15H2,1H3. The van der Waals surface area contributed by atoms with Crippen LogP contribution in [0.1, 0.15) is 11.1 Å². The van der Waals surface area contributed by atoms with Crippen molar-refractivity contribution in [1.82, 2.24) is 0 Å². The van der Waals surface area contributed by atoms with Crippen molar-refractivity contribution < 1.29 is 13.3 Å². The van der Waals surface area contributed by atoms with Crippen molar-refractivity contribution in [3.63, 3.8) is 0 Å². The van der Waals surface area contributed by atoms with E-state index in [-0.39, 0.29) is 16.3 Å². The van der Waals surface area contributed by atoms with Gasteiger partial charge in [0.2, 0.25) is 0 Å². The second-order valence-electron chi connectivity index (χ2n) is 4.70. The minimum absolute atomic E-state index is 0.129. The number of rotatable bonds is 4. The number of non-ortho nitro benzene ring substituents is 1. The van der Waals surface area contributed by atoms with Gasteiger partial charge in [-0.3, -0.25) is 10.1 Å². The number of benzene rings is 2. The lowest BCUT2D eigenvalue weighted by Crippen LogP contribution is -2.06. The van der Waals surface area contributed by atoms with Gasteiger partial charge in [-0.1, -0.05) is 12.1 Å². The first kappa shape index (κ1) is 15.0. The molecule has 2 rings (SSSR count). The van der Waals surface area contributed by atoms with Gasteiger partial charge in [-0.25, -0.2) is 8.42 Å². The van der Waals surface area contributed by atoms with E-state index >= 15 is 0 Å². The first-order valence-electron chi connectivity index (χ1n) is 6.12. The van der Waals surface area contributed by atoms with E-state index in [0.717, 1.165) is 0 Å². The summed E-state index contributed by atoms with van der Waals surface area (Å²) in [7, 11) is -3.57. The summed E-state index contributed by atoms with van der Waals surface area (Å²) in [5.41, 5.74) is 7.11. The van der Waals surface area contributed by atoms with Crippen LogP contribution in [0.25, 0.3) is 0 Å². The molecule has 21 heavy (non-hydrogen) atoms. The number of anilines is 1. The van der Waals surface area contributed by atoms with Crippen LogP contribution in [-0.4, -0.2) is 13.3 Å². The van der Waals surface area contributed by atoms with Gasteiger partial charge < -0.3 is 5.73 Å². The Balaban J connectivity index is 2.35. The molecule has 6 nitrogen and oxygen atoms in total.